The zero-order chi connectivity index (χ0) is 20.1. The molecule has 0 radical (unpaired) electrons. The fraction of sp³-hybridized carbons (Fsp3) is 0.227. The maximum absolute atomic E-state index is 12.4. The topological polar surface area (TPSA) is 87.5 Å². The van der Waals surface area contributed by atoms with Crippen molar-refractivity contribution < 1.29 is 14.0 Å². The van der Waals surface area contributed by atoms with Crippen molar-refractivity contribution in [2.24, 2.45) is 0 Å². The fourth-order valence-corrected chi connectivity index (χ4v) is 3.28. The Morgan fingerprint density at radius 3 is 2.55 bits per heavy atom. The van der Waals surface area contributed by atoms with E-state index in [0.29, 0.717) is 17.8 Å². The van der Waals surface area contributed by atoms with Gasteiger partial charge in [0.05, 0.1) is 6.26 Å². The molecule has 148 valence electrons. The number of nitrogens with zero attached hydrogens (tertiary/aromatic N) is 2. The summed E-state index contributed by atoms with van der Waals surface area (Å²) < 4.78 is 5.06. The molecule has 0 spiro atoms. The zero-order valence-corrected chi connectivity index (χ0v) is 15.9. The zero-order valence-electron chi connectivity index (χ0n) is 15.9. The minimum absolute atomic E-state index is 0.173. The number of benzene rings is 1. The minimum Gasteiger partial charge on any atom is -0.459 e. The van der Waals surface area contributed by atoms with Gasteiger partial charge in [0, 0.05) is 37.1 Å². The molecule has 3 aromatic rings. The lowest BCUT2D eigenvalue weighted by molar-refractivity contribution is 0.0950. The first-order valence-corrected chi connectivity index (χ1v) is 9.62. The Morgan fingerprint density at radius 2 is 1.83 bits per heavy atom. The first-order chi connectivity index (χ1) is 14.2. The fourth-order valence-electron chi connectivity index (χ4n) is 3.28. The van der Waals surface area contributed by atoms with Crippen LogP contribution < -0.4 is 15.5 Å². The number of hydrogen-bond donors (Lipinski definition) is 2. The van der Waals surface area contributed by atoms with Gasteiger partial charge in [0.2, 0.25) is 0 Å². The highest BCUT2D eigenvalue weighted by Crippen LogP contribution is 2.18. The van der Waals surface area contributed by atoms with Crippen molar-refractivity contribution >= 4 is 23.3 Å². The molecular weight excluding hydrogens is 368 g/mol. The third kappa shape index (κ3) is 4.63. The average molecular weight is 390 g/mol. The lowest BCUT2D eigenvalue weighted by Gasteiger charge is -2.17. The van der Waals surface area contributed by atoms with Crippen molar-refractivity contribution in [1.29, 1.82) is 0 Å². The number of carbonyl (C=O) groups excluding carboxylic acids is 2. The monoisotopic (exact) mass is 390 g/mol. The second kappa shape index (κ2) is 8.60. The number of amides is 2. The van der Waals surface area contributed by atoms with Gasteiger partial charge < -0.3 is 20.0 Å². The van der Waals surface area contributed by atoms with E-state index in [1.54, 1.807) is 42.6 Å². The van der Waals surface area contributed by atoms with Crippen LogP contribution in [0.25, 0.3) is 0 Å². The third-order valence-electron chi connectivity index (χ3n) is 4.84. The lowest BCUT2D eigenvalue weighted by atomic mass is 10.2. The molecular formula is C22H22N4O3. The van der Waals surface area contributed by atoms with E-state index in [9.17, 15) is 9.59 Å². The minimum atomic E-state index is -0.335. The summed E-state index contributed by atoms with van der Waals surface area (Å²) in [4.78, 5) is 31.1. The van der Waals surface area contributed by atoms with Crippen LogP contribution >= 0.6 is 0 Å². The van der Waals surface area contributed by atoms with E-state index < -0.39 is 0 Å². The van der Waals surface area contributed by atoms with Crippen LogP contribution in [-0.2, 0) is 6.54 Å². The summed E-state index contributed by atoms with van der Waals surface area (Å²) in [7, 11) is 0. The van der Waals surface area contributed by atoms with E-state index in [0.717, 1.165) is 24.5 Å². The van der Waals surface area contributed by atoms with Gasteiger partial charge in [-0.1, -0.05) is 0 Å². The van der Waals surface area contributed by atoms with Gasteiger partial charge in [-0.15, -0.1) is 0 Å². The van der Waals surface area contributed by atoms with E-state index >= 15 is 0 Å². The Kier molecular flexibility index (Phi) is 5.56. The van der Waals surface area contributed by atoms with E-state index in [2.05, 4.69) is 20.5 Å². The second-order valence-electron chi connectivity index (χ2n) is 6.91. The number of pyridine rings is 1. The smallest absolute Gasteiger partial charge is 0.291 e. The van der Waals surface area contributed by atoms with Gasteiger partial charge in [0.1, 0.15) is 5.82 Å². The average Bonchev–Trinajstić information content (AvgIpc) is 3.47. The SMILES string of the molecule is O=C(NCc1ccnc(N2CCCC2)c1)c1ccc(NC(=O)c2ccco2)cc1. The quantitative estimate of drug-likeness (QED) is 0.673. The van der Waals surface area contributed by atoms with Crippen LogP contribution in [-0.4, -0.2) is 29.9 Å². The number of nitrogens with one attached hydrogen (secondary N) is 2. The number of carbonyl (C=O) groups is 2. The summed E-state index contributed by atoms with van der Waals surface area (Å²) in [5, 5.41) is 5.65. The molecule has 2 aromatic heterocycles. The van der Waals surface area contributed by atoms with Crippen molar-refractivity contribution in [2.75, 3.05) is 23.3 Å². The Morgan fingerprint density at radius 1 is 1.03 bits per heavy atom. The molecule has 3 heterocycles. The summed E-state index contributed by atoms with van der Waals surface area (Å²) in [6.07, 6.45) is 5.62. The van der Waals surface area contributed by atoms with E-state index in [-0.39, 0.29) is 17.6 Å². The first-order valence-electron chi connectivity index (χ1n) is 9.62. The second-order valence-corrected chi connectivity index (χ2v) is 6.91. The number of hydrogen-bond acceptors (Lipinski definition) is 5. The summed E-state index contributed by atoms with van der Waals surface area (Å²) in [5.74, 6) is 0.690. The molecule has 0 saturated carbocycles. The van der Waals surface area contributed by atoms with Gasteiger partial charge in [-0.2, -0.15) is 0 Å². The Labute approximate surface area is 168 Å². The maximum atomic E-state index is 12.4. The van der Waals surface area contributed by atoms with Gasteiger partial charge in [-0.25, -0.2) is 4.98 Å². The number of anilines is 2. The number of furan rings is 1. The van der Waals surface area contributed by atoms with E-state index in [1.807, 2.05) is 12.1 Å². The molecule has 2 N–H and O–H groups in total. The van der Waals surface area contributed by atoms with Gasteiger partial charge in [-0.3, -0.25) is 9.59 Å². The molecule has 0 unspecified atom stereocenters. The van der Waals surface area contributed by atoms with Crippen LogP contribution in [0.2, 0.25) is 0 Å². The predicted octanol–water partition coefficient (Wildman–Crippen LogP) is 3.46. The molecule has 1 aliphatic heterocycles. The highest BCUT2D eigenvalue weighted by atomic mass is 16.3. The Bertz CT molecular complexity index is 978. The third-order valence-corrected chi connectivity index (χ3v) is 4.84. The molecule has 0 aliphatic carbocycles. The Hall–Kier alpha value is -3.61. The largest absolute Gasteiger partial charge is 0.459 e. The van der Waals surface area contributed by atoms with Crippen LogP contribution in [0.5, 0.6) is 0 Å². The molecule has 4 rings (SSSR count). The molecule has 0 atom stereocenters. The molecule has 1 saturated heterocycles. The summed E-state index contributed by atoms with van der Waals surface area (Å²) in [6, 6.07) is 13.9. The predicted molar refractivity (Wildman–Crippen MR) is 110 cm³/mol. The summed E-state index contributed by atoms with van der Waals surface area (Å²) in [6.45, 7) is 2.50. The molecule has 0 bridgehead atoms. The summed E-state index contributed by atoms with van der Waals surface area (Å²) >= 11 is 0. The van der Waals surface area contributed by atoms with Crippen LogP contribution in [0.3, 0.4) is 0 Å². The molecule has 7 heteroatoms. The van der Waals surface area contributed by atoms with Gasteiger partial charge in [-0.05, 0) is 66.9 Å². The van der Waals surface area contributed by atoms with E-state index in [1.165, 1.54) is 19.1 Å². The molecule has 29 heavy (non-hydrogen) atoms. The van der Waals surface area contributed by atoms with Crippen molar-refractivity contribution in [1.82, 2.24) is 10.3 Å². The maximum Gasteiger partial charge on any atom is 0.291 e. The molecule has 1 aliphatic rings. The van der Waals surface area contributed by atoms with Crippen molar-refractivity contribution in [3.8, 4) is 0 Å². The summed E-state index contributed by atoms with van der Waals surface area (Å²) in [5.41, 5.74) is 2.12. The van der Waals surface area contributed by atoms with Crippen molar-refractivity contribution in [2.45, 2.75) is 19.4 Å². The lowest BCUT2D eigenvalue weighted by Crippen LogP contribution is -2.23. The highest BCUT2D eigenvalue weighted by molar-refractivity contribution is 6.02. The molecule has 1 aromatic carbocycles. The van der Waals surface area contributed by atoms with Crippen LogP contribution in [0.15, 0.2) is 65.4 Å². The van der Waals surface area contributed by atoms with Crippen LogP contribution in [0, 0.1) is 0 Å². The number of rotatable bonds is 6. The molecule has 1 fully saturated rings. The van der Waals surface area contributed by atoms with Gasteiger partial charge in [0.15, 0.2) is 5.76 Å². The Balaban J connectivity index is 1.33. The van der Waals surface area contributed by atoms with Gasteiger partial charge in [0.25, 0.3) is 11.8 Å². The number of aromatic nitrogens is 1. The van der Waals surface area contributed by atoms with Crippen molar-refractivity contribution in [3.05, 3.63) is 77.9 Å². The standard InChI is InChI=1S/C22H22N4O3/c27-21(24-15-16-9-10-23-20(14-16)26-11-1-2-12-26)17-5-7-18(8-6-17)25-22(28)19-4-3-13-29-19/h3-10,13-14H,1-2,11-12,15H2,(H,24,27)(H,25,28). The van der Waals surface area contributed by atoms with Gasteiger partial charge >= 0.3 is 0 Å². The highest BCUT2D eigenvalue weighted by Gasteiger charge is 2.14. The van der Waals surface area contributed by atoms with E-state index in [4.69, 9.17) is 4.42 Å². The molecule has 2 amide bonds. The molecule has 7 nitrogen and oxygen atoms in total. The van der Waals surface area contributed by atoms with Crippen LogP contribution in [0.4, 0.5) is 11.5 Å². The first kappa shape index (κ1) is 18.7. The normalized spacial score (nSPS) is 13.3. The van der Waals surface area contributed by atoms with Crippen LogP contribution in [0.1, 0.15) is 39.3 Å². The van der Waals surface area contributed by atoms with Crippen molar-refractivity contribution in [3.63, 3.8) is 0 Å².